The third kappa shape index (κ3) is 5.13. The van der Waals surface area contributed by atoms with Crippen LogP contribution < -0.4 is 0 Å². The van der Waals surface area contributed by atoms with Crippen molar-refractivity contribution < 1.29 is 4.42 Å². The molecule has 0 amide bonds. The molecule has 0 aliphatic rings. The summed E-state index contributed by atoms with van der Waals surface area (Å²) in [7, 11) is 0. The molecule has 238 valence electrons. The minimum atomic E-state index is 0.613. The van der Waals surface area contributed by atoms with Crippen molar-refractivity contribution in [3.63, 3.8) is 0 Å². The maximum Gasteiger partial charge on any atom is 0.164 e. The second-order valence-corrected chi connectivity index (χ2v) is 12.8. The first kappa shape index (κ1) is 29.0. The van der Waals surface area contributed by atoms with Gasteiger partial charge in [-0.25, -0.2) is 15.0 Å². The van der Waals surface area contributed by atoms with Gasteiger partial charge in [0.05, 0.1) is 0 Å². The second kappa shape index (κ2) is 11.9. The topological polar surface area (TPSA) is 51.8 Å². The molecule has 0 atom stereocenters. The molecule has 51 heavy (non-hydrogen) atoms. The molecule has 0 aliphatic heterocycles. The average molecular weight is 652 g/mol. The lowest BCUT2D eigenvalue weighted by Crippen LogP contribution is -2.01. The molecule has 2 aromatic heterocycles. The van der Waals surface area contributed by atoms with E-state index in [0.29, 0.717) is 17.5 Å². The molecule has 10 aromatic rings. The van der Waals surface area contributed by atoms with E-state index in [1.54, 1.807) is 0 Å². The molecule has 2 heterocycles. The summed E-state index contributed by atoms with van der Waals surface area (Å²) in [5.41, 5.74) is 8.90. The van der Waals surface area contributed by atoms with Gasteiger partial charge in [0.25, 0.3) is 0 Å². The van der Waals surface area contributed by atoms with Crippen molar-refractivity contribution in [2.45, 2.75) is 0 Å². The van der Waals surface area contributed by atoms with Gasteiger partial charge >= 0.3 is 0 Å². The lowest BCUT2D eigenvalue weighted by Gasteiger charge is -2.13. The molecular formula is C47H29N3O. The highest BCUT2D eigenvalue weighted by molar-refractivity contribution is 6.06. The van der Waals surface area contributed by atoms with Gasteiger partial charge < -0.3 is 4.42 Å². The number of rotatable bonds is 5. The summed E-state index contributed by atoms with van der Waals surface area (Å²) in [6.07, 6.45) is 0. The first-order valence-electron chi connectivity index (χ1n) is 17.1. The fourth-order valence-electron chi connectivity index (χ4n) is 7.17. The van der Waals surface area contributed by atoms with Gasteiger partial charge in [-0.05, 0) is 68.1 Å². The molecule has 0 saturated heterocycles. The Labute approximate surface area is 294 Å². The van der Waals surface area contributed by atoms with Crippen molar-refractivity contribution in [1.82, 2.24) is 15.0 Å². The van der Waals surface area contributed by atoms with Crippen LogP contribution in [-0.4, -0.2) is 15.0 Å². The Kier molecular flexibility index (Phi) is 6.78. The Morgan fingerprint density at radius 3 is 1.73 bits per heavy atom. The summed E-state index contributed by atoms with van der Waals surface area (Å²) in [5, 5.41) is 6.89. The maximum absolute atomic E-state index is 6.28. The molecule has 10 rings (SSSR count). The van der Waals surface area contributed by atoms with E-state index in [4.69, 9.17) is 19.4 Å². The Balaban J connectivity index is 1.13. The third-order valence-electron chi connectivity index (χ3n) is 9.75. The number of furan rings is 1. The molecular weight excluding hydrogens is 623 g/mol. The van der Waals surface area contributed by atoms with Gasteiger partial charge in [-0.3, -0.25) is 0 Å². The molecule has 0 saturated carbocycles. The van der Waals surface area contributed by atoms with E-state index in [0.717, 1.165) is 66.1 Å². The molecule has 8 aromatic carbocycles. The summed E-state index contributed by atoms with van der Waals surface area (Å²) in [6.45, 7) is 0. The van der Waals surface area contributed by atoms with Crippen molar-refractivity contribution in [2.24, 2.45) is 0 Å². The lowest BCUT2D eigenvalue weighted by molar-refractivity contribution is 0.669. The Hall–Kier alpha value is -6.91. The van der Waals surface area contributed by atoms with Gasteiger partial charge in [-0.2, -0.15) is 0 Å². The van der Waals surface area contributed by atoms with E-state index in [9.17, 15) is 0 Å². The summed E-state index contributed by atoms with van der Waals surface area (Å²) in [6, 6.07) is 61.1. The van der Waals surface area contributed by atoms with Crippen molar-refractivity contribution >= 4 is 43.5 Å². The van der Waals surface area contributed by atoms with E-state index in [2.05, 4.69) is 152 Å². The van der Waals surface area contributed by atoms with Crippen molar-refractivity contribution in [3.05, 3.63) is 176 Å². The fourth-order valence-corrected chi connectivity index (χ4v) is 7.17. The number of nitrogens with zero attached hydrogens (tertiary/aromatic N) is 3. The molecule has 4 nitrogen and oxygen atoms in total. The lowest BCUT2D eigenvalue weighted by atomic mass is 9.97. The monoisotopic (exact) mass is 651 g/mol. The summed E-state index contributed by atoms with van der Waals surface area (Å²) < 4.78 is 6.28. The van der Waals surface area contributed by atoms with E-state index >= 15 is 0 Å². The average Bonchev–Trinajstić information content (AvgIpc) is 3.58. The Morgan fingerprint density at radius 2 is 0.863 bits per heavy atom. The minimum Gasteiger partial charge on any atom is -0.456 e. The number of fused-ring (bicyclic) bond motifs is 5. The number of hydrogen-bond acceptors (Lipinski definition) is 4. The maximum atomic E-state index is 6.28. The Morgan fingerprint density at radius 1 is 0.294 bits per heavy atom. The highest BCUT2D eigenvalue weighted by Crippen LogP contribution is 2.37. The predicted molar refractivity (Wildman–Crippen MR) is 209 cm³/mol. The standard InChI is InChI=1S/C47H29N3O/c1-2-12-34-28-35(25-22-30(34)10-1)31-20-23-33(24-21-31)45-48-46(50-47(49-45)42-18-9-13-32-11-3-4-14-37(32)42)41-17-6-5-15-38(41)36-26-27-40-39-16-7-8-19-43(39)51-44(40)29-36/h1-29H. The molecule has 4 heteroatoms. The van der Waals surface area contributed by atoms with Gasteiger partial charge in [-0.1, -0.05) is 152 Å². The van der Waals surface area contributed by atoms with Gasteiger partial charge in [0, 0.05) is 27.5 Å². The van der Waals surface area contributed by atoms with Crippen LogP contribution in [-0.2, 0) is 0 Å². The van der Waals surface area contributed by atoms with Crippen LogP contribution in [0.1, 0.15) is 0 Å². The van der Waals surface area contributed by atoms with Gasteiger partial charge in [0.2, 0.25) is 0 Å². The van der Waals surface area contributed by atoms with Gasteiger partial charge in [0.1, 0.15) is 11.2 Å². The number of hydrogen-bond donors (Lipinski definition) is 0. The highest BCUT2D eigenvalue weighted by atomic mass is 16.3. The van der Waals surface area contributed by atoms with Crippen LogP contribution in [0, 0.1) is 0 Å². The van der Waals surface area contributed by atoms with Crippen LogP contribution in [0.25, 0.3) is 99.9 Å². The molecule has 0 aliphatic carbocycles. The van der Waals surface area contributed by atoms with E-state index < -0.39 is 0 Å². The summed E-state index contributed by atoms with van der Waals surface area (Å²) in [5.74, 6) is 1.87. The zero-order valence-electron chi connectivity index (χ0n) is 27.5. The molecule has 0 radical (unpaired) electrons. The normalized spacial score (nSPS) is 11.5. The van der Waals surface area contributed by atoms with Crippen LogP contribution in [0.2, 0.25) is 0 Å². The first-order valence-corrected chi connectivity index (χ1v) is 17.1. The Bertz CT molecular complexity index is 2920. The van der Waals surface area contributed by atoms with Crippen LogP contribution in [0.3, 0.4) is 0 Å². The SMILES string of the molecule is c1ccc(-c2nc(-c3ccc(-c4ccc5ccccc5c4)cc3)nc(-c3cccc4ccccc34)n2)c(-c2ccc3c(c2)oc2ccccc23)c1. The molecule has 0 unspecified atom stereocenters. The molecule has 0 spiro atoms. The fraction of sp³-hybridized carbons (Fsp3) is 0. The third-order valence-corrected chi connectivity index (χ3v) is 9.75. The number of aromatic nitrogens is 3. The first-order chi connectivity index (χ1) is 25.2. The number of para-hydroxylation sites is 1. The zero-order chi connectivity index (χ0) is 33.7. The quantitative estimate of drug-likeness (QED) is 0.186. The largest absolute Gasteiger partial charge is 0.456 e. The summed E-state index contributed by atoms with van der Waals surface area (Å²) in [4.78, 5) is 15.5. The van der Waals surface area contributed by atoms with Gasteiger partial charge in [0.15, 0.2) is 17.5 Å². The smallest absolute Gasteiger partial charge is 0.164 e. The highest BCUT2D eigenvalue weighted by Gasteiger charge is 2.18. The van der Waals surface area contributed by atoms with Crippen molar-refractivity contribution in [3.8, 4) is 56.4 Å². The summed E-state index contributed by atoms with van der Waals surface area (Å²) >= 11 is 0. The zero-order valence-corrected chi connectivity index (χ0v) is 27.5. The minimum absolute atomic E-state index is 0.613. The van der Waals surface area contributed by atoms with Gasteiger partial charge in [-0.15, -0.1) is 0 Å². The van der Waals surface area contributed by atoms with Crippen molar-refractivity contribution in [1.29, 1.82) is 0 Å². The molecule has 0 N–H and O–H groups in total. The second-order valence-electron chi connectivity index (χ2n) is 12.8. The van der Waals surface area contributed by atoms with E-state index in [1.165, 1.54) is 16.3 Å². The van der Waals surface area contributed by atoms with Crippen LogP contribution in [0.5, 0.6) is 0 Å². The van der Waals surface area contributed by atoms with Crippen LogP contribution in [0.15, 0.2) is 180 Å². The van der Waals surface area contributed by atoms with Crippen LogP contribution in [0.4, 0.5) is 0 Å². The van der Waals surface area contributed by atoms with Crippen molar-refractivity contribution in [2.75, 3.05) is 0 Å². The number of benzene rings is 8. The molecule has 0 bridgehead atoms. The predicted octanol–water partition coefficient (Wildman–Crippen LogP) is 12.4. The van der Waals surface area contributed by atoms with E-state index in [-0.39, 0.29) is 0 Å². The molecule has 0 fully saturated rings. The van der Waals surface area contributed by atoms with E-state index in [1.807, 2.05) is 24.3 Å². The van der Waals surface area contributed by atoms with Crippen LogP contribution >= 0.6 is 0 Å².